The molecule has 0 saturated heterocycles. The largest absolute Gasteiger partial charge is 0.478 e. The van der Waals surface area contributed by atoms with E-state index in [1.807, 2.05) is 48.6 Å². The summed E-state index contributed by atoms with van der Waals surface area (Å²) in [6.45, 7) is 3.38. The molecule has 0 amide bonds. The number of allylic oxidation sites excluding steroid dienone is 4. The second-order valence-corrected chi connectivity index (χ2v) is 3.34. The maximum Gasteiger partial charge on any atom is 0.335 e. The maximum atomic E-state index is 10.4. The molecular formula is C15H14O2. The van der Waals surface area contributed by atoms with Crippen LogP contribution in [0.3, 0.4) is 0 Å². The molecule has 1 rings (SSSR count). The van der Waals surface area contributed by atoms with Crippen molar-refractivity contribution >= 4 is 12.0 Å². The van der Waals surface area contributed by atoms with Gasteiger partial charge in [0.05, 0.1) is 5.57 Å². The molecule has 1 N–H and O–H groups in total. The SMILES string of the molecule is C=C(C=CC=CC=Cc1ccccc1)C(=O)O. The van der Waals surface area contributed by atoms with Gasteiger partial charge < -0.3 is 5.11 Å². The van der Waals surface area contributed by atoms with E-state index in [1.54, 1.807) is 12.2 Å². The van der Waals surface area contributed by atoms with Crippen LogP contribution in [0, 0.1) is 0 Å². The van der Waals surface area contributed by atoms with Crippen LogP contribution in [0.4, 0.5) is 0 Å². The van der Waals surface area contributed by atoms with Gasteiger partial charge in [-0.1, -0.05) is 67.3 Å². The fourth-order valence-corrected chi connectivity index (χ4v) is 1.10. The molecule has 2 nitrogen and oxygen atoms in total. The van der Waals surface area contributed by atoms with Gasteiger partial charge in [0.1, 0.15) is 0 Å². The summed E-state index contributed by atoms with van der Waals surface area (Å²) >= 11 is 0. The van der Waals surface area contributed by atoms with Crippen molar-refractivity contribution in [1.82, 2.24) is 0 Å². The van der Waals surface area contributed by atoms with E-state index in [9.17, 15) is 4.79 Å². The summed E-state index contributed by atoms with van der Waals surface area (Å²) < 4.78 is 0. The highest BCUT2D eigenvalue weighted by Crippen LogP contribution is 2.00. The number of aliphatic carboxylic acids is 1. The van der Waals surface area contributed by atoms with E-state index in [1.165, 1.54) is 6.08 Å². The third-order valence-corrected chi connectivity index (χ3v) is 1.99. The Morgan fingerprint density at radius 1 is 1.06 bits per heavy atom. The first-order chi connectivity index (χ1) is 8.20. The normalized spacial score (nSPS) is 11.5. The summed E-state index contributed by atoms with van der Waals surface area (Å²) in [7, 11) is 0. The van der Waals surface area contributed by atoms with Crippen LogP contribution in [0.15, 0.2) is 72.9 Å². The third kappa shape index (κ3) is 5.33. The highest BCUT2D eigenvalue weighted by molar-refractivity contribution is 5.89. The molecule has 2 heteroatoms. The molecule has 0 aliphatic heterocycles. The molecular weight excluding hydrogens is 212 g/mol. The highest BCUT2D eigenvalue weighted by Gasteiger charge is 1.95. The van der Waals surface area contributed by atoms with E-state index in [0.29, 0.717) is 0 Å². The molecule has 0 heterocycles. The molecule has 86 valence electrons. The van der Waals surface area contributed by atoms with E-state index in [4.69, 9.17) is 5.11 Å². The fourth-order valence-electron chi connectivity index (χ4n) is 1.10. The summed E-state index contributed by atoms with van der Waals surface area (Å²) in [5.74, 6) is -1.01. The van der Waals surface area contributed by atoms with Crippen LogP contribution in [0.1, 0.15) is 5.56 Å². The molecule has 0 radical (unpaired) electrons. The van der Waals surface area contributed by atoms with Gasteiger partial charge in [-0.25, -0.2) is 4.79 Å². The molecule has 0 bridgehead atoms. The predicted octanol–water partition coefficient (Wildman–Crippen LogP) is 3.45. The molecule has 0 aliphatic rings. The van der Waals surface area contributed by atoms with Gasteiger partial charge in [0, 0.05) is 0 Å². The van der Waals surface area contributed by atoms with Gasteiger partial charge >= 0.3 is 5.97 Å². The van der Waals surface area contributed by atoms with Crippen LogP contribution in [-0.2, 0) is 4.79 Å². The van der Waals surface area contributed by atoms with Gasteiger partial charge in [0.2, 0.25) is 0 Å². The summed E-state index contributed by atoms with van der Waals surface area (Å²) in [5, 5.41) is 8.54. The first-order valence-corrected chi connectivity index (χ1v) is 5.19. The molecule has 17 heavy (non-hydrogen) atoms. The minimum Gasteiger partial charge on any atom is -0.478 e. The number of carboxylic acids is 1. The number of rotatable bonds is 5. The minimum absolute atomic E-state index is 0.0710. The van der Waals surface area contributed by atoms with E-state index in [2.05, 4.69) is 6.58 Å². The lowest BCUT2D eigenvalue weighted by molar-refractivity contribution is -0.132. The Bertz CT molecular complexity index is 465. The fraction of sp³-hybridized carbons (Fsp3) is 0. The van der Waals surface area contributed by atoms with Gasteiger partial charge in [-0.2, -0.15) is 0 Å². The van der Waals surface area contributed by atoms with Crippen LogP contribution >= 0.6 is 0 Å². The van der Waals surface area contributed by atoms with Gasteiger partial charge in [-0.3, -0.25) is 0 Å². The van der Waals surface area contributed by atoms with Crippen molar-refractivity contribution in [3.63, 3.8) is 0 Å². The summed E-state index contributed by atoms with van der Waals surface area (Å²) in [6.07, 6.45) is 10.5. The molecule has 0 aliphatic carbocycles. The van der Waals surface area contributed by atoms with Crippen LogP contribution < -0.4 is 0 Å². The van der Waals surface area contributed by atoms with Gasteiger partial charge in [-0.05, 0) is 11.6 Å². The summed E-state index contributed by atoms with van der Waals surface area (Å²) in [4.78, 5) is 10.4. The molecule has 1 aromatic rings. The summed E-state index contributed by atoms with van der Waals surface area (Å²) in [5.41, 5.74) is 1.19. The average molecular weight is 226 g/mol. The van der Waals surface area contributed by atoms with Crippen LogP contribution in [0.2, 0.25) is 0 Å². The van der Waals surface area contributed by atoms with E-state index < -0.39 is 5.97 Å². The molecule has 0 fully saturated rings. The van der Waals surface area contributed by atoms with Gasteiger partial charge in [-0.15, -0.1) is 0 Å². The second kappa shape index (κ2) is 7.01. The zero-order chi connectivity index (χ0) is 12.5. The van der Waals surface area contributed by atoms with Crippen LogP contribution in [0.5, 0.6) is 0 Å². The monoisotopic (exact) mass is 226 g/mol. The number of carboxylic acid groups (broad SMARTS) is 1. The predicted molar refractivity (Wildman–Crippen MR) is 70.5 cm³/mol. The third-order valence-electron chi connectivity index (χ3n) is 1.99. The summed E-state index contributed by atoms with van der Waals surface area (Å²) in [6, 6.07) is 9.92. The average Bonchev–Trinajstić information content (AvgIpc) is 2.34. The van der Waals surface area contributed by atoms with Crippen LogP contribution in [0.25, 0.3) is 6.08 Å². The Balaban J connectivity index is 2.44. The Kier molecular flexibility index (Phi) is 5.25. The lowest BCUT2D eigenvalue weighted by Gasteiger charge is -1.88. The standard InChI is InChI=1S/C15H14O2/c1-13(15(16)17)9-5-2-3-6-10-14-11-7-4-8-12-14/h2-12H,1H2,(H,16,17). The Labute approximate surface area is 101 Å². The minimum atomic E-state index is -1.01. The first-order valence-electron chi connectivity index (χ1n) is 5.19. The Hall–Kier alpha value is -2.35. The molecule has 1 aromatic carbocycles. The number of benzene rings is 1. The quantitative estimate of drug-likeness (QED) is 0.616. The van der Waals surface area contributed by atoms with E-state index >= 15 is 0 Å². The van der Waals surface area contributed by atoms with Crippen molar-refractivity contribution < 1.29 is 9.90 Å². The molecule has 0 spiro atoms. The molecule has 0 aromatic heterocycles. The van der Waals surface area contributed by atoms with Crippen molar-refractivity contribution in [3.8, 4) is 0 Å². The van der Waals surface area contributed by atoms with Gasteiger partial charge in [0.25, 0.3) is 0 Å². The smallest absolute Gasteiger partial charge is 0.335 e. The van der Waals surface area contributed by atoms with E-state index in [0.717, 1.165) is 5.56 Å². The van der Waals surface area contributed by atoms with Crippen molar-refractivity contribution in [1.29, 1.82) is 0 Å². The van der Waals surface area contributed by atoms with Crippen LogP contribution in [-0.4, -0.2) is 11.1 Å². The lowest BCUT2D eigenvalue weighted by Crippen LogP contribution is -1.94. The van der Waals surface area contributed by atoms with Gasteiger partial charge in [0.15, 0.2) is 0 Å². The van der Waals surface area contributed by atoms with Crippen molar-refractivity contribution in [2.45, 2.75) is 0 Å². The maximum absolute atomic E-state index is 10.4. The first kappa shape index (κ1) is 12.7. The topological polar surface area (TPSA) is 37.3 Å². The Morgan fingerprint density at radius 3 is 2.35 bits per heavy atom. The van der Waals surface area contributed by atoms with Crippen molar-refractivity contribution in [2.24, 2.45) is 0 Å². The van der Waals surface area contributed by atoms with E-state index in [-0.39, 0.29) is 5.57 Å². The zero-order valence-electron chi connectivity index (χ0n) is 9.41. The lowest BCUT2D eigenvalue weighted by atomic mass is 10.2. The van der Waals surface area contributed by atoms with Crippen molar-refractivity contribution in [3.05, 3.63) is 78.4 Å². The molecule has 0 unspecified atom stereocenters. The Morgan fingerprint density at radius 2 is 1.71 bits per heavy atom. The molecule has 0 saturated carbocycles. The highest BCUT2D eigenvalue weighted by atomic mass is 16.4. The van der Waals surface area contributed by atoms with Crippen molar-refractivity contribution in [2.75, 3.05) is 0 Å². The second-order valence-electron chi connectivity index (χ2n) is 3.34. The number of hydrogen-bond acceptors (Lipinski definition) is 1. The number of carbonyl (C=O) groups is 1. The molecule has 0 atom stereocenters. The zero-order valence-corrected chi connectivity index (χ0v) is 9.41. The number of hydrogen-bond donors (Lipinski definition) is 1.